The summed E-state index contributed by atoms with van der Waals surface area (Å²) in [5, 5.41) is 20.9. The number of furan rings is 1. The molecule has 0 aliphatic heterocycles. The largest absolute Gasteiger partial charge is 0.507 e. The van der Waals surface area contributed by atoms with Gasteiger partial charge in [0.15, 0.2) is 29.1 Å². The number of aromatic hydroxyl groups is 2. The number of carbonyl (C=O) groups excluding carboxylic acids is 1. The molecule has 0 aliphatic carbocycles. The van der Waals surface area contributed by atoms with Gasteiger partial charge in [0.1, 0.15) is 11.5 Å². The predicted molar refractivity (Wildman–Crippen MR) is 96.6 cm³/mol. The van der Waals surface area contributed by atoms with Crippen LogP contribution in [0.5, 0.6) is 34.5 Å². The lowest BCUT2D eigenvalue weighted by molar-refractivity contribution is 0.112. The number of methoxy groups -OCH3 is 4. The highest BCUT2D eigenvalue weighted by Crippen LogP contribution is 2.50. The van der Waals surface area contributed by atoms with Gasteiger partial charge in [-0.15, -0.1) is 0 Å². The molecule has 3 aromatic rings. The van der Waals surface area contributed by atoms with Crippen LogP contribution in [-0.4, -0.2) is 44.9 Å². The molecule has 8 heteroatoms. The average Bonchev–Trinajstić information content (AvgIpc) is 3.07. The van der Waals surface area contributed by atoms with Gasteiger partial charge in [0.25, 0.3) is 0 Å². The monoisotopic (exact) mass is 374 g/mol. The number of phenolic OH excluding ortho intramolecular Hbond substituents is 2. The van der Waals surface area contributed by atoms with Crippen molar-refractivity contribution in [2.24, 2.45) is 0 Å². The summed E-state index contributed by atoms with van der Waals surface area (Å²) in [5.41, 5.74) is 0.504. The Kier molecular flexibility index (Phi) is 4.72. The van der Waals surface area contributed by atoms with Gasteiger partial charge < -0.3 is 33.6 Å². The Morgan fingerprint density at radius 2 is 1.59 bits per heavy atom. The van der Waals surface area contributed by atoms with Gasteiger partial charge in [0.2, 0.25) is 11.5 Å². The molecule has 0 radical (unpaired) electrons. The van der Waals surface area contributed by atoms with Crippen LogP contribution in [0.1, 0.15) is 10.4 Å². The Balaban J connectivity index is 2.42. The van der Waals surface area contributed by atoms with Gasteiger partial charge in [-0.25, -0.2) is 0 Å². The van der Waals surface area contributed by atoms with Crippen LogP contribution in [0.2, 0.25) is 0 Å². The Morgan fingerprint density at radius 3 is 2.15 bits per heavy atom. The molecule has 3 rings (SSSR count). The fourth-order valence-corrected chi connectivity index (χ4v) is 2.99. The minimum atomic E-state index is -0.247. The average molecular weight is 374 g/mol. The minimum Gasteiger partial charge on any atom is -0.507 e. The van der Waals surface area contributed by atoms with Crippen molar-refractivity contribution in [1.29, 1.82) is 0 Å². The molecule has 0 amide bonds. The van der Waals surface area contributed by atoms with Crippen LogP contribution in [0.25, 0.3) is 22.3 Å². The Hall–Kier alpha value is -3.55. The van der Waals surface area contributed by atoms with Gasteiger partial charge in [-0.2, -0.15) is 0 Å². The molecule has 0 saturated heterocycles. The molecule has 142 valence electrons. The molecule has 0 atom stereocenters. The molecule has 2 N–H and O–H groups in total. The zero-order valence-electron chi connectivity index (χ0n) is 15.2. The summed E-state index contributed by atoms with van der Waals surface area (Å²) < 4.78 is 26.7. The number of hydrogen-bond donors (Lipinski definition) is 2. The molecular weight excluding hydrogens is 356 g/mol. The topological polar surface area (TPSA) is 108 Å². The van der Waals surface area contributed by atoms with Crippen molar-refractivity contribution in [1.82, 2.24) is 0 Å². The number of rotatable bonds is 6. The minimum absolute atomic E-state index is 0.0573. The number of carbonyl (C=O) groups is 1. The second-order valence-corrected chi connectivity index (χ2v) is 5.50. The van der Waals surface area contributed by atoms with Crippen LogP contribution in [0, 0.1) is 0 Å². The number of hydrogen-bond acceptors (Lipinski definition) is 8. The van der Waals surface area contributed by atoms with E-state index in [2.05, 4.69) is 0 Å². The smallest absolute Gasteiger partial charge is 0.204 e. The van der Waals surface area contributed by atoms with Crippen LogP contribution in [-0.2, 0) is 0 Å². The number of benzene rings is 2. The maximum atomic E-state index is 11.8. The van der Waals surface area contributed by atoms with Crippen LogP contribution in [0.15, 0.2) is 22.6 Å². The van der Waals surface area contributed by atoms with Crippen molar-refractivity contribution in [2.45, 2.75) is 0 Å². The standard InChI is InChI=1S/C19H18O8/c1-23-12-6-5-9(17(25-3)15(12)22)16-10(8-20)14-11(21)7-13(24-2)18(26-4)19(14)27-16/h5-8,21-22H,1-4H3. The third-order valence-corrected chi connectivity index (χ3v) is 4.20. The first kappa shape index (κ1) is 18.2. The van der Waals surface area contributed by atoms with Crippen molar-refractivity contribution in [2.75, 3.05) is 28.4 Å². The molecule has 0 unspecified atom stereocenters. The maximum absolute atomic E-state index is 11.8. The van der Waals surface area contributed by atoms with E-state index in [1.165, 1.54) is 40.6 Å². The van der Waals surface area contributed by atoms with Gasteiger partial charge in [0, 0.05) is 6.07 Å². The molecule has 2 aromatic carbocycles. The maximum Gasteiger partial charge on any atom is 0.204 e. The normalized spacial score (nSPS) is 10.7. The van der Waals surface area contributed by atoms with E-state index >= 15 is 0 Å². The van der Waals surface area contributed by atoms with E-state index in [4.69, 9.17) is 23.4 Å². The third-order valence-electron chi connectivity index (χ3n) is 4.20. The van der Waals surface area contributed by atoms with E-state index in [-0.39, 0.29) is 56.8 Å². The lowest BCUT2D eigenvalue weighted by Crippen LogP contribution is -1.93. The summed E-state index contributed by atoms with van der Waals surface area (Å²) in [4.78, 5) is 11.8. The summed E-state index contributed by atoms with van der Waals surface area (Å²) in [5.74, 6) is 0.348. The van der Waals surface area contributed by atoms with Gasteiger partial charge in [0.05, 0.1) is 45.0 Å². The van der Waals surface area contributed by atoms with Crippen molar-refractivity contribution in [3.05, 3.63) is 23.8 Å². The van der Waals surface area contributed by atoms with Gasteiger partial charge >= 0.3 is 0 Å². The molecule has 1 aromatic heterocycles. The first-order chi connectivity index (χ1) is 13.0. The SMILES string of the molecule is COc1ccc(-c2oc3c(OC)c(OC)cc(O)c3c2C=O)c(OC)c1O. The summed E-state index contributed by atoms with van der Waals surface area (Å²) in [6.07, 6.45) is 0.549. The molecule has 27 heavy (non-hydrogen) atoms. The van der Waals surface area contributed by atoms with Crippen LogP contribution in [0.3, 0.4) is 0 Å². The molecule has 1 heterocycles. The van der Waals surface area contributed by atoms with E-state index in [1.807, 2.05) is 0 Å². The second kappa shape index (κ2) is 6.99. The summed E-state index contributed by atoms with van der Waals surface area (Å²) in [6, 6.07) is 4.41. The van der Waals surface area contributed by atoms with E-state index < -0.39 is 0 Å². The summed E-state index contributed by atoms with van der Waals surface area (Å²) in [6.45, 7) is 0. The molecular formula is C19H18O8. The van der Waals surface area contributed by atoms with E-state index in [1.54, 1.807) is 6.07 Å². The number of ether oxygens (including phenoxy) is 4. The molecule has 0 saturated carbocycles. The number of aldehydes is 1. The quantitative estimate of drug-likeness (QED) is 0.633. The van der Waals surface area contributed by atoms with Crippen molar-refractivity contribution >= 4 is 17.3 Å². The summed E-state index contributed by atoms with van der Waals surface area (Å²) in [7, 11) is 5.60. The zero-order chi connectivity index (χ0) is 19.7. The Bertz CT molecular complexity index is 1020. The van der Waals surface area contributed by atoms with Gasteiger partial charge in [-0.1, -0.05) is 0 Å². The van der Waals surface area contributed by atoms with Gasteiger partial charge in [-0.3, -0.25) is 4.79 Å². The van der Waals surface area contributed by atoms with Crippen molar-refractivity contribution < 1.29 is 38.4 Å². The number of phenols is 2. The van der Waals surface area contributed by atoms with Crippen LogP contribution in [0.4, 0.5) is 0 Å². The summed E-state index contributed by atoms with van der Waals surface area (Å²) >= 11 is 0. The third kappa shape index (κ3) is 2.66. The number of fused-ring (bicyclic) bond motifs is 1. The van der Waals surface area contributed by atoms with Crippen LogP contribution < -0.4 is 18.9 Å². The van der Waals surface area contributed by atoms with E-state index in [9.17, 15) is 15.0 Å². The lowest BCUT2D eigenvalue weighted by Gasteiger charge is -2.12. The molecule has 0 aliphatic rings. The molecule has 0 fully saturated rings. The molecule has 0 bridgehead atoms. The van der Waals surface area contributed by atoms with Crippen molar-refractivity contribution in [3.8, 4) is 45.8 Å². The fourth-order valence-electron chi connectivity index (χ4n) is 2.99. The molecule has 0 spiro atoms. The zero-order valence-corrected chi connectivity index (χ0v) is 15.2. The highest BCUT2D eigenvalue weighted by molar-refractivity contribution is 6.08. The van der Waals surface area contributed by atoms with Gasteiger partial charge in [-0.05, 0) is 12.1 Å². The molecule has 8 nitrogen and oxygen atoms in total. The van der Waals surface area contributed by atoms with E-state index in [0.717, 1.165) is 0 Å². The second-order valence-electron chi connectivity index (χ2n) is 5.50. The highest BCUT2D eigenvalue weighted by atomic mass is 16.5. The fraction of sp³-hybridized carbons (Fsp3) is 0.211. The van der Waals surface area contributed by atoms with E-state index in [0.29, 0.717) is 11.8 Å². The van der Waals surface area contributed by atoms with Crippen molar-refractivity contribution in [3.63, 3.8) is 0 Å². The first-order valence-electron chi connectivity index (χ1n) is 7.82. The Labute approximate surface area is 154 Å². The predicted octanol–water partition coefficient (Wildman–Crippen LogP) is 3.36. The Morgan fingerprint density at radius 1 is 0.926 bits per heavy atom. The lowest BCUT2D eigenvalue weighted by atomic mass is 10.0. The van der Waals surface area contributed by atoms with Crippen LogP contribution >= 0.6 is 0 Å². The highest BCUT2D eigenvalue weighted by Gasteiger charge is 2.27. The first-order valence-corrected chi connectivity index (χ1v) is 7.82.